The summed E-state index contributed by atoms with van der Waals surface area (Å²) in [7, 11) is 3.47. The van der Waals surface area contributed by atoms with Crippen LogP contribution in [-0.2, 0) is 0 Å². The number of ketones is 1. The lowest BCUT2D eigenvalue weighted by Gasteiger charge is -2.35. The van der Waals surface area contributed by atoms with E-state index in [1.807, 2.05) is 7.05 Å². The minimum atomic E-state index is -0.676. The Hall–Kier alpha value is -4.02. The number of carbonyl (C=O) groups is 1. The van der Waals surface area contributed by atoms with Crippen molar-refractivity contribution >= 4 is 45.7 Å². The second-order valence-electron chi connectivity index (χ2n) is 9.03. The molecule has 11 heteroatoms. The average Bonchev–Trinajstić information content (AvgIpc) is 2.89. The molecule has 1 N–H and O–H groups in total. The molecule has 5 rings (SSSR count). The lowest BCUT2D eigenvalue weighted by molar-refractivity contribution is 0.101. The number of nitrogens with one attached hydrogen (secondary N) is 1. The Morgan fingerprint density at radius 3 is 2.63 bits per heavy atom. The Morgan fingerprint density at radius 1 is 1.16 bits per heavy atom. The van der Waals surface area contributed by atoms with Crippen LogP contribution >= 0.6 is 11.6 Å². The topological polar surface area (TPSA) is 101 Å². The minimum Gasteiger partial charge on any atom is -0.496 e. The molecule has 1 aliphatic rings. The van der Waals surface area contributed by atoms with Crippen LogP contribution in [0, 0.1) is 5.82 Å². The van der Waals surface area contributed by atoms with Crippen LogP contribution in [-0.4, -0.2) is 61.0 Å². The normalized spacial score (nSPS) is 14.1. The molecule has 2 aromatic carbocycles. The van der Waals surface area contributed by atoms with Crippen LogP contribution < -0.4 is 20.6 Å². The highest BCUT2D eigenvalue weighted by Crippen LogP contribution is 2.35. The third-order valence-electron chi connectivity index (χ3n) is 6.47. The van der Waals surface area contributed by atoms with E-state index in [4.69, 9.17) is 20.8 Å². The fourth-order valence-electron chi connectivity index (χ4n) is 4.54. The smallest absolute Gasteiger partial charge is 0.349 e. The summed E-state index contributed by atoms with van der Waals surface area (Å²) < 4.78 is 24.6. The van der Waals surface area contributed by atoms with Gasteiger partial charge in [0, 0.05) is 54.9 Å². The van der Waals surface area contributed by atoms with Gasteiger partial charge in [0.05, 0.1) is 29.7 Å². The number of ether oxygens (including phenoxy) is 1. The molecule has 3 heterocycles. The number of anilines is 3. The highest BCUT2D eigenvalue weighted by molar-refractivity contribution is 6.33. The van der Waals surface area contributed by atoms with Crippen LogP contribution in [0.3, 0.4) is 0 Å². The Balaban J connectivity index is 1.54. The number of carbonyl (C=O) groups excluding carboxylic acids is 1. The predicted molar refractivity (Wildman–Crippen MR) is 144 cm³/mol. The number of hydrogen-bond acceptors (Lipinski definition) is 9. The van der Waals surface area contributed by atoms with E-state index in [2.05, 4.69) is 25.1 Å². The maximum Gasteiger partial charge on any atom is 0.349 e. The lowest BCUT2D eigenvalue weighted by Crippen LogP contribution is -2.45. The molecule has 0 bridgehead atoms. The van der Waals surface area contributed by atoms with Crippen LogP contribution in [0.5, 0.6) is 5.75 Å². The summed E-state index contributed by atoms with van der Waals surface area (Å²) in [5, 5.41) is 4.03. The maximum atomic E-state index is 13.7. The third-order valence-corrected chi connectivity index (χ3v) is 6.75. The Bertz CT molecular complexity index is 1600. The zero-order valence-electron chi connectivity index (χ0n) is 21.0. The quantitative estimate of drug-likeness (QED) is 0.276. The molecule has 196 valence electrons. The van der Waals surface area contributed by atoms with E-state index in [-0.39, 0.29) is 28.1 Å². The van der Waals surface area contributed by atoms with Gasteiger partial charge >= 0.3 is 5.63 Å². The molecule has 0 radical (unpaired) electrons. The van der Waals surface area contributed by atoms with Crippen LogP contribution in [0.1, 0.15) is 17.3 Å². The highest BCUT2D eigenvalue weighted by Gasteiger charge is 2.25. The summed E-state index contributed by atoms with van der Waals surface area (Å²) in [5.41, 5.74) is 1.72. The zero-order chi connectivity index (χ0) is 27.0. The van der Waals surface area contributed by atoms with E-state index in [0.717, 1.165) is 13.1 Å². The van der Waals surface area contributed by atoms with Crippen molar-refractivity contribution in [3.8, 4) is 17.0 Å². The Kier molecular flexibility index (Phi) is 7.00. The van der Waals surface area contributed by atoms with E-state index in [1.54, 1.807) is 18.2 Å². The molecule has 0 aliphatic carbocycles. The first kappa shape index (κ1) is 25.6. The van der Waals surface area contributed by atoms with Crippen molar-refractivity contribution in [1.29, 1.82) is 0 Å². The van der Waals surface area contributed by atoms with Crippen LogP contribution in [0.2, 0.25) is 5.02 Å². The van der Waals surface area contributed by atoms with Gasteiger partial charge in [-0.05, 0) is 38.2 Å². The van der Waals surface area contributed by atoms with Gasteiger partial charge < -0.3 is 24.3 Å². The van der Waals surface area contributed by atoms with Crippen molar-refractivity contribution in [2.24, 2.45) is 0 Å². The number of aromatic nitrogens is 2. The van der Waals surface area contributed by atoms with Gasteiger partial charge in [0.15, 0.2) is 5.78 Å². The number of rotatable bonds is 6. The van der Waals surface area contributed by atoms with Crippen molar-refractivity contribution in [2.45, 2.75) is 6.92 Å². The molecule has 1 aliphatic heterocycles. The van der Waals surface area contributed by atoms with E-state index in [0.29, 0.717) is 46.7 Å². The fourth-order valence-corrected chi connectivity index (χ4v) is 4.73. The first-order valence-electron chi connectivity index (χ1n) is 11.9. The number of benzene rings is 2. The molecule has 0 spiro atoms. The molecule has 4 aromatic rings. The number of halogens is 2. The molecular weight excluding hydrogens is 513 g/mol. The molecular formula is C27H25ClFN5O4. The van der Waals surface area contributed by atoms with Crippen LogP contribution in [0.25, 0.3) is 22.2 Å². The predicted octanol–water partition coefficient (Wildman–Crippen LogP) is 4.75. The van der Waals surface area contributed by atoms with Crippen molar-refractivity contribution in [3.63, 3.8) is 0 Å². The van der Waals surface area contributed by atoms with E-state index in [9.17, 15) is 14.0 Å². The molecule has 9 nitrogen and oxygen atoms in total. The van der Waals surface area contributed by atoms with Gasteiger partial charge in [-0.15, -0.1) is 0 Å². The average molecular weight is 538 g/mol. The number of piperazine rings is 1. The summed E-state index contributed by atoms with van der Waals surface area (Å²) in [6.45, 7) is 4.37. The monoisotopic (exact) mass is 537 g/mol. The summed E-state index contributed by atoms with van der Waals surface area (Å²) in [5.74, 6) is -0.287. The van der Waals surface area contributed by atoms with Gasteiger partial charge in [0.25, 0.3) is 0 Å². The van der Waals surface area contributed by atoms with Gasteiger partial charge in [-0.25, -0.2) is 19.2 Å². The van der Waals surface area contributed by atoms with Crippen molar-refractivity contribution < 1.29 is 18.3 Å². The summed E-state index contributed by atoms with van der Waals surface area (Å²) in [4.78, 5) is 38.3. The Labute approximate surface area is 222 Å². The molecule has 1 fully saturated rings. The summed E-state index contributed by atoms with van der Waals surface area (Å²) in [6.07, 6.45) is 1.43. The van der Waals surface area contributed by atoms with E-state index in [1.165, 1.54) is 38.4 Å². The molecule has 0 saturated carbocycles. The van der Waals surface area contributed by atoms with Crippen molar-refractivity contribution in [3.05, 3.63) is 69.4 Å². The maximum absolute atomic E-state index is 13.7. The first-order valence-corrected chi connectivity index (χ1v) is 12.3. The van der Waals surface area contributed by atoms with Gasteiger partial charge in [0.2, 0.25) is 5.95 Å². The molecule has 2 aromatic heterocycles. The van der Waals surface area contributed by atoms with Crippen molar-refractivity contribution in [2.75, 3.05) is 50.6 Å². The molecule has 0 atom stereocenters. The van der Waals surface area contributed by atoms with E-state index >= 15 is 0 Å². The summed E-state index contributed by atoms with van der Waals surface area (Å²) in [6, 6.07) is 9.34. The molecule has 38 heavy (non-hydrogen) atoms. The third kappa shape index (κ3) is 4.92. The fraction of sp³-hybridized carbons (Fsp3) is 0.259. The SMILES string of the molecule is COc1cc(F)ccc1-c1nc(Nc2ccc3c(N4CCN(C)CC4)c(C(C)=O)c(=O)oc3c2)ncc1Cl. The number of Topliss-reactive ketones (excluding diaryl/α,β-unsaturated/α-hetero) is 1. The lowest BCUT2D eigenvalue weighted by atomic mass is 10.0. The molecule has 0 unspecified atom stereocenters. The van der Waals surface area contributed by atoms with Crippen LogP contribution in [0.4, 0.5) is 21.7 Å². The minimum absolute atomic E-state index is 0.0571. The number of nitrogens with zero attached hydrogens (tertiary/aromatic N) is 4. The number of fused-ring (bicyclic) bond motifs is 1. The zero-order valence-corrected chi connectivity index (χ0v) is 21.8. The van der Waals surface area contributed by atoms with Crippen molar-refractivity contribution in [1.82, 2.24) is 14.9 Å². The number of likely N-dealkylation sites (N-methyl/N-ethyl adjacent to an activating group) is 1. The molecule has 1 saturated heterocycles. The van der Waals surface area contributed by atoms with Gasteiger partial charge in [-0.2, -0.15) is 0 Å². The number of hydrogen-bond donors (Lipinski definition) is 1. The van der Waals surface area contributed by atoms with Gasteiger partial charge in [-0.1, -0.05) is 11.6 Å². The summed E-state index contributed by atoms with van der Waals surface area (Å²) >= 11 is 6.35. The second kappa shape index (κ2) is 10.4. The van der Waals surface area contributed by atoms with Crippen LogP contribution in [0.15, 0.2) is 51.8 Å². The van der Waals surface area contributed by atoms with Gasteiger partial charge in [-0.3, -0.25) is 4.79 Å². The largest absolute Gasteiger partial charge is 0.496 e. The number of methoxy groups -OCH3 is 1. The standard InChI is InChI=1S/C27H25ClFN5O4/c1-15(35)23-25(34-10-8-33(2)9-11-34)19-7-5-17(13-22(19)38-26(23)36)31-27-30-14-20(28)24(32-27)18-6-4-16(29)12-21(18)37-3/h4-7,12-14H,8-11H2,1-3H3,(H,30,31,32). The molecule has 0 amide bonds. The second-order valence-corrected chi connectivity index (χ2v) is 9.44. The highest BCUT2D eigenvalue weighted by atomic mass is 35.5. The van der Waals surface area contributed by atoms with Gasteiger partial charge in [0.1, 0.15) is 22.7 Å². The first-order chi connectivity index (χ1) is 18.2. The van der Waals surface area contributed by atoms with E-state index < -0.39 is 11.4 Å². The Morgan fingerprint density at radius 2 is 1.92 bits per heavy atom.